The molecule has 5 aromatic carbocycles. The van der Waals surface area contributed by atoms with Crippen LogP contribution in [0.4, 0.5) is 5.69 Å². The van der Waals surface area contributed by atoms with Gasteiger partial charge in [0.2, 0.25) is 5.95 Å². The van der Waals surface area contributed by atoms with E-state index in [9.17, 15) is 0 Å². The highest BCUT2D eigenvalue weighted by Gasteiger charge is 2.38. The first-order valence-electron chi connectivity index (χ1n) is 18.4. The summed E-state index contributed by atoms with van der Waals surface area (Å²) in [6, 6.07) is 31.2. The van der Waals surface area contributed by atoms with E-state index >= 15 is 0 Å². The maximum Gasteiger partial charge on any atom is 0.238 e. The summed E-state index contributed by atoms with van der Waals surface area (Å²) in [6.45, 7) is 0. The zero-order chi connectivity index (χ0) is 37.4. The highest BCUT2D eigenvalue weighted by molar-refractivity contribution is 6.68. The summed E-state index contributed by atoms with van der Waals surface area (Å²) in [5.74, 6) is 1.26. The minimum atomic E-state index is 0.123. The maximum absolute atomic E-state index is 6.69. The van der Waals surface area contributed by atoms with Crippen LogP contribution in [0, 0.1) is 0 Å². The Bertz CT molecular complexity index is 2840. The highest BCUT2D eigenvalue weighted by Crippen LogP contribution is 2.53. The van der Waals surface area contributed by atoms with Crippen molar-refractivity contribution >= 4 is 94.0 Å². The smallest absolute Gasteiger partial charge is 0.238 e. The molecule has 1 unspecified atom stereocenters. The summed E-state index contributed by atoms with van der Waals surface area (Å²) in [7, 11) is 32.5. The Morgan fingerprint density at radius 3 is 2.15 bits per heavy atom. The van der Waals surface area contributed by atoms with Gasteiger partial charge in [-0.2, -0.15) is 9.97 Å². The molecule has 3 heterocycles. The van der Waals surface area contributed by atoms with Gasteiger partial charge in [-0.05, 0) is 60.2 Å². The van der Waals surface area contributed by atoms with Gasteiger partial charge >= 0.3 is 0 Å². The van der Waals surface area contributed by atoms with Crippen LogP contribution in [0.5, 0.6) is 0 Å². The molecule has 0 N–H and O–H groups in total. The van der Waals surface area contributed by atoms with E-state index in [0.717, 1.165) is 69.1 Å². The molecule has 0 saturated carbocycles. The molecule has 5 nitrogen and oxygen atoms in total. The van der Waals surface area contributed by atoms with Crippen molar-refractivity contribution in [3.05, 3.63) is 144 Å². The molecule has 55 heavy (non-hydrogen) atoms. The molecule has 3 aliphatic rings. The average molecular weight is 693 g/mol. The summed E-state index contributed by atoms with van der Waals surface area (Å²) in [5.41, 5.74) is 10.6. The predicted molar refractivity (Wildman–Crippen MR) is 231 cm³/mol. The molecule has 2 aliphatic carbocycles. The van der Waals surface area contributed by atoms with E-state index in [1.165, 1.54) is 11.3 Å². The van der Waals surface area contributed by atoms with E-state index in [1.807, 2.05) is 36.4 Å². The fourth-order valence-electron chi connectivity index (χ4n) is 8.35. The van der Waals surface area contributed by atoms with Crippen molar-refractivity contribution in [2.24, 2.45) is 0 Å². The van der Waals surface area contributed by atoms with Gasteiger partial charge < -0.3 is 4.90 Å². The molecule has 10 heteroatoms. The van der Waals surface area contributed by atoms with Crippen LogP contribution in [0.2, 0.25) is 0 Å². The second-order valence-corrected chi connectivity index (χ2v) is 14.2. The number of hydrogen-bond acceptors (Lipinski definition) is 4. The summed E-state index contributed by atoms with van der Waals surface area (Å²) < 4.78 is 2.15. The summed E-state index contributed by atoms with van der Waals surface area (Å²) in [4.78, 5) is 17.9. The molecule has 10 radical (unpaired) electrons. The first-order chi connectivity index (χ1) is 26.9. The number of benzene rings is 5. The first-order valence-corrected chi connectivity index (χ1v) is 18.4. The van der Waals surface area contributed by atoms with E-state index in [2.05, 4.69) is 101 Å². The molecule has 0 bridgehead atoms. The molecular formula is C45H28B5N5. The van der Waals surface area contributed by atoms with Crippen LogP contribution in [0.15, 0.2) is 139 Å². The van der Waals surface area contributed by atoms with Gasteiger partial charge in [0.15, 0.2) is 11.6 Å². The lowest BCUT2D eigenvalue weighted by Crippen LogP contribution is -2.55. The van der Waals surface area contributed by atoms with E-state index in [4.69, 9.17) is 54.2 Å². The van der Waals surface area contributed by atoms with Crippen molar-refractivity contribution in [2.75, 3.05) is 4.90 Å². The van der Waals surface area contributed by atoms with Crippen LogP contribution in [0.25, 0.3) is 61.7 Å². The van der Waals surface area contributed by atoms with E-state index in [0.29, 0.717) is 17.3 Å². The Morgan fingerprint density at radius 2 is 1.35 bits per heavy atom. The minimum Gasteiger partial charge on any atom is -0.312 e. The largest absolute Gasteiger partial charge is 0.312 e. The van der Waals surface area contributed by atoms with Crippen molar-refractivity contribution in [1.29, 1.82) is 0 Å². The zero-order valence-electron chi connectivity index (χ0n) is 29.9. The molecule has 0 fully saturated rings. The Hall–Kier alpha value is -6.01. The standard InChI is InChI=1S/C45H28B5N5/c46-36-35(37(47)39(49)40(50)38(36)48)44-51-43(27-15-11-14-26(24-27)25-12-3-1-4-13-25)52-45(53-44)55-34-21-10-8-19-30(34)32-23-22-31-29-18-7-9-20-33(29)54(41(31)42(32)55)28-16-5-2-6-17-28/h1,3-5,7-17,19-24,29H,2,6,18H2. The van der Waals surface area contributed by atoms with Crippen molar-refractivity contribution in [3.8, 4) is 39.9 Å². The second-order valence-electron chi connectivity index (χ2n) is 14.2. The number of allylic oxidation sites excluding steroid dienone is 7. The lowest BCUT2D eigenvalue weighted by atomic mass is 9.60. The number of para-hydroxylation sites is 1. The Labute approximate surface area is 326 Å². The van der Waals surface area contributed by atoms with Crippen LogP contribution in [0.1, 0.15) is 30.7 Å². The topological polar surface area (TPSA) is 46.8 Å². The Kier molecular flexibility index (Phi) is 7.98. The number of aromatic nitrogens is 4. The number of nitrogens with zero attached hydrogens (tertiary/aromatic N) is 5. The molecule has 0 saturated heterocycles. The predicted octanol–water partition coefficient (Wildman–Crippen LogP) is 4.92. The van der Waals surface area contributed by atoms with Gasteiger partial charge in [-0.1, -0.05) is 114 Å². The summed E-state index contributed by atoms with van der Waals surface area (Å²) in [5, 5.41) is 2.16. The van der Waals surface area contributed by atoms with Crippen LogP contribution in [-0.4, -0.2) is 58.8 Å². The van der Waals surface area contributed by atoms with Crippen LogP contribution >= 0.6 is 0 Å². The van der Waals surface area contributed by atoms with E-state index in [-0.39, 0.29) is 39.1 Å². The number of rotatable bonds is 5. The van der Waals surface area contributed by atoms with Crippen LogP contribution < -0.4 is 32.2 Å². The van der Waals surface area contributed by atoms with Gasteiger partial charge in [0.05, 0.1) is 16.7 Å². The maximum atomic E-state index is 6.69. The second kappa shape index (κ2) is 13.1. The third kappa shape index (κ3) is 5.26. The van der Waals surface area contributed by atoms with Gasteiger partial charge in [-0.15, -0.1) is 16.4 Å². The van der Waals surface area contributed by atoms with Gasteiger partial charge in [-0.25, -0.2) is 4.98 Å². The summed E-state index contributed by atoms with van der Waals surface area (Å²) in [6.07, 6.45) is 16.4. The third-order valence-corrected chi connectivity index (χ3v) is 11.0. The lowest BCUT2D eigenvalue weighted by molar-refractivity contribution is 0.811. The van der Waals surface area contributed by atoms with Crippen molar-refractivity contribution in [3.63, 3.8) is 0 Å². The molecule has 0 amide bonds. The van der Waals surface area contributed by atoms with Crippen molar-refractivity contribution in [2.45, 2.75) is 25.2 Å². The normalized spacial score (nSPS) is 16.0. The van der Waals surface area contributed by atoms with Gasteiger partial charge in [-0.3, -0.25) is 4.57 Å². The summed E-state index contributed by atoms with van der Waals surface area (Å²) >= 11 is 0. The van der Waals surface area contributed by atoms with E-state index in [1.54, 1.807) is 0 Å². The molecular weight excluding hydrogens is 665 g/mol. The van der Waals surface area contributed by atoms with Crippen molar-refractivity contribution < 1.29 is 0 Å². The number of anilines is 1. The molecule has 0 spiro atoms. The molecule has 1 atom stereocenters. The first kappa shape index (κ1) is 33.6. The molecule has 10 rings (SSSR count). The zero-order valence-corrected chi connectivity index (χ0v) is 29.9. The SMILES string of the molecule is [B]c1c([B])c([B])c(-c2nc(-c3cccc(-c4ccccc4)c3)nc(-n3c4ccccc4c4ccc5c(c43)N(C3=CCCC=C3)C3=CC=CCC35)n2)c([B])c1[B]. The highest BCUT2D eigenvalue weighted by atomic mass is 15.2. The van der Waals surface area contributed by atoms with Crippen LogP contribution in [-0.2, 0) is 0 Å². The van der Waals surface area contributed by atoms with Gasteiger partial charge in [0, 0.05) is 39.2 Å². The van der Waals surface area contributed by atoms with Crippen LogP contribution in [0.3, 0.4) is 0 Å². The van der Waals surface area contributed by atoms with Crippen molar-refractivity contribution in [1.82, 2.24) is 19.5 Å². The van der Waals surface area contributed by atoms with Gasteiger partial charge in [0.1, 0.15) is 39.2 Å². The average Bonchev–Trinajstić information content (AvgIpc) is 3.76. The molecule has 1 aliphatic heterocycles. The quantitative estimate of drug-likeness (QED) is 0.241. The number of hydrogen-bond donors (Lipinski definition) is 0. The lowest BCUT2D eigenvalue weighted by Gasteiger charge is -2.27. The minimum absolute atomic E-state index is 0.123. The molecule has 2 aromatic heterocycles. The molecule has 248 valence electrons. The Morgan fingerprint density at radius 1 is 0.618 bits per heavy atom. The number of fused-ring (bicyclic) bond motifs is 7. The van der Waals surface area contributed by atoms with Gasteiger partial charge in [0.25, 0.3) is 0 Å². The fraction of sp³-hybridized carbons (Fsp3) is 0.0889. The fourth-order valence-corrected chi connectivity index (χ4v) is 8.35. The third-order valence-electron chi connectivity index (χ3n) is 11.0. The molecule has 7 aromatic rings. The Balaban J connectivity index is 1.31. The monoisotopic (exact) mass is 693 g/mol. The van der Waals surface area contributed by atoms with E-state index < -0.39 is 0 Å².